The van der Waals surface area contributed by atoms with Gasteiger partial charge in [-0.2, -0.15) is 0 Å². The topological polar surface area (TPSA) is 80.9 Å². The van der Waals surface area contributed by atoms with Gasteiger partial charge in [0, 0.05) is 0 Å². The maximum atomic E-state index is 10.1. The van der Waals surface area contributed by atoms with E-state index in [9.17, 15) is 5.11 Å². The fourth-order valence-corrected chi connectivity index (χ4v) is 2.38. The van der Waals surface area contributed by atoms with Crippen molar-refractivity contribution < 1.29 is 29.4 Å². The van der Waals surface area contributed by atoms with Crippen LogP contribution in [-0.2, 0) is 0 Å². The predicted octanol–water partition coefficient (Wildman–Crippen LogP) is -2.15. The van der Waals surface area contributed by atoms with Gasteiger partial charge in [0.15, 0.2) is 6.10 Å². The van der Waals surface area contributed by atoms with E-state index in [0.29, 0.717) is 41.7 Å². The fourth-order valence-electron chi connectivity index (χ4n) is 2.38. The highest BCUT2D eigenvalue weighted by atomic mass is 16.3. The standard InChI is InChI=1S/C12H30N2O4/c1-13(2,3)10-12(18)11-14(4-7-15,5-8-16)6-9-17/h12,15-18H,4-11H2,1-3H3/q+2. The number of nitrogens with zero attached hydrogens (tertiary/aromatic N) is 2. The molecule has 0 aliphatic heterocycles. The van der Waals surface area contributed by atoms with Crippen LogP contribution in [0.5, 0.6) is 0 Å². The van der Waals surface area contributed by atoms with Crippen LogP contribution < -0.4 is 0 Å². The molecule has 0 amide bonds. The van der Waals surface area contributed by atoms with Crippen molar-refractivity contribution in [3.8, 4) is 0 Å². The van der Waals surface area contributed by atoms with Crippen molar-refractivity contribution in [1.82, 2.24) is 0 Å². The summed E-state index contributed by atoms with van der Waals surface area (Å²) in [4.78, 5) is 0. The quantitative estimate of drug-likeness (QED) is 0.340. The first-order chi connectivity index (χ1) is 8.28. The van der Waals surface area contributed by atoms with Crippen LogP contribution in [-0.4, -0.2) is 109 Å². The normalized spacial score (nSPS) is 14.8. The molecule has 0 aliphatic rings. The Morgan fingerprint density at radius 2 is 1.17 bits per heavy atom. The van der Waals surface area contributed by atoms with Gasteiger partial charge in [0.25, 0.3) is 0 Å². The lowest BCUT2D eigenvalue weighted by Gasteiger charge is -2.39. The molecular weight excluding hydrogens is 236 g/mol. The molecule has 0 bridgehead atoms. The molecule has 1 unspecified atom stereocenters. The van der Waals surface area contributed by atoms with Crippen LogP contribution in [0.15, 0.2) is 0 Å². The number of hydrogen-bond acceptors (Lipinski definition) is 4. The molecule has 0 heterocycles. The van der Waals surface area contributed by atoms with E-state index in [4.69, 9.17) is 15.3 Å². The van der Waals surface area contributed by atoms with Crippen LogP contribution in [0.3, 0.4) is 0 Å². The van der Waals surface area contributed by atoms with Crippen LogP contribution in [0.4, 0.5) is 0 Å². The van der Waals surface area contributed by atoms with Crippen molar-refractivity contribution in [3.05, 3.63) is 0 Å². The Morgan fingerprint density at radius 1 is 0.778 bits per heavy atom. The van der Waals surface area contributed by atoms with Crippen molar-refractivity contribution in [2.24, 2.45) is 0 Å². The van der Waals surface area contributed by atoms with E-state index in [1.54, 1.807) is 0 Å². The summed E-state index contributed by atoms with van der Waals surface area (Å²) in [6, 6.07) is 0. The summed E-state index contributed by atoms with van der Waals surface area (Å²) >= 11 is 0. The molecule has 0 aromatic carbocycles. The maximum Gasteiger partial charge on any atom is 0.152 e. The zero-order valence-electron chi connectivity index (χ0n) is 11.9. The first-order valence-electron chi connectivity index (χ1n) is 6.45. The molecule has 0 saturated heterocycles. The Hall–Kier alpha value is -0.240. The van der Waals surface area contributed by atoms with Gasteiger partial charge in [0.1, 0.15) is 32.7 Å². The van der Waals surface area contributed by atoms with Crippen LogP contribution in [0, 0.1) is 0 Å². The molecule has 0 rings (SSSR count). The molecule has 6 nitrogen and oxygen atoms in total. The first kappa shape index (κ1) is 17.8. The highest BCUT2D eigenvalue weighted by Gasteiger charge is 2.31. The summed E-state index contributed by atoms with van der Waals surface area (Å²) in [5.41, 5.74) is 0. The molecule has 1 atom stereocenters. The van der Waals surface area contributed by atoms with Gasteiger partial charge >= 0.3 is 0 Å². The Balaban J connectivity index is 4.63. The van der Waals surface area contributed by atoms with Crippen molar-refractivity contribution in [2.45, 2.75) is 6.10 Å². The maximum absolute atomic E-state index is 10.1. The number of likely N-dealkylation sites (N-methyl/N-ethyl adjacent to an activating group) is 1. The van der Waals surface area contributed by atoms with Gasteiger partial charge in [-0.25, -0.2) is 0 Å². The van der Waals surface area contributed by atoms with Gasteiger partial charge in [0.05, 0.1) is 41.0 Å². The zero-order chi connectivity index (χ0) is 14.2. The molecule has 0 spiro atoms. The number of quaternary nitrogens is 2. The molecule has 4 N–H and O–H groups in total. The smallest absolute Gasteiger partial charge is 0.152 e. The molecular formula is C12H30N2O4+2. The molecule has 0 radical (unpaired) electrons. The summed E-state index contributed by atoms with van der Waals surface area (Å²) in [5.74, 6) is 0. The second kappa shape index (κ2) is 8.04. The number of hydrogen-bond donors (Lipinski definition) is 4. The molecule has 0 aromatic rings. The minimum atomic E-state index is -0.519. The molecule has 0 fully saturated rings. The zero-order valence-corrected chi connectivity index (χ0v) is 11.9. The highest BCUT2D eigenvalue weighted by molar-refractivity contribution is 4.56. The minimum Gasteiger partial charge on any atom is -0.391 e. The Kier molecular flexibility index (Phi) is 7.93. The molecule has 110 valence electrons. The average Bonchev–Trinajstić information content (AvgIpc) is 2.15. The van der Waals surface area contributed by atoms with Gasteiger partial charge in [-0.05, 0) is 0 Å². The molecule has 6 heteroatoms. The third kappa shape index (κ3) is 7.25. The lowest BCUT2D eigenvalue weighted by atomic mass is 10.2. The second-order valence-electron chi connectivity index (χ2n) is 5.99. The average molecular weight is 266 g/mol. The number of aliphatic hydroxyl groups excluding tert-OH is 4. The summed E-state index contributed by atoms with van der Waals surface area (Å²) in [6.45, 7) is 2.31. The van der Waals surface area contributed by atoms with Crippen LogP contribution in [0.25, 0.3) is 0 Å². The largest absolute Gasteiger partial charge is 0.391 e. The lowest BCUT2D eigenvalue weighted by Crippen LogP contribution is -2.58. The van der Waals surface area contributed by atoms with Crippen molar-refractivity contribution in [2.75, 3.05) is 73.7 Å². The van der Waals surface area contributed by atoms with E-state index in [2.05, 4.69) is 0 Å². The van der Waals surface area contributed by atoms with Gasteiger partial charge < -0.3 is 29.4 Å². The van der Waals surface area contributed by atoms with Crippen molar-refractivity contribution >= 4 is 0 Å². The van der Waals surface area contributed by atoms with Gasteiger partial charge in [0.2, 0.25) is 0 Å². The Morgan fingerprint density at radius 3 is 1.44 bits per heavy atom. The molecule has 18 heavy (non-hydrogen) atoms. The fraction of sp³-hybridized carbons (Fsp3) is 1.00. The van der Waals surface area contributed by atoms with E-state index in [1.807, 2.05) is 21.1 Å². The van der Waals surface area contributed by atoms with Crippen molar-refractivity contribution in [3.63, 3.8) is 0 Å². The van der Waals surface area contributed by atoms with Crippen LogP contribution in [0.2, 0.25) is 0 Å². The monoisotopic (exact) mass is 266 g/mol. The van der Waals surface area contributed by atoms with E-state index in [1.165, 1.54) is 0 Å². The van der Waals surface area contributed by atoms with Gasteiger partial charge in [-0.1, -0.05) is 0 Å². The molecule has 0 aromatic heterocycles. The van der Waals surface area contributed by atoms with E-state index in [-0.39, 0.29) is 19.8 Å². The van der Waals surface area contributed by atoms with Crippen LogP contribution >= 0.6 is 0 Å². The SMILES string of the molecule is C[N+](C)(C)CC(O)C[N+](CCO)(CCO)CCO. The predicted molar refractivity (Wildman–Crippen MR) is 69.9 cm³/mol. The van der Waals surface area contributed by atoms with Crippen LogP contribution in [0.1, 0.15) is 0 Å². The Bertz CT molecular complexity index is 202. The third-order valence-corrected chi connectivity index (χ3v) is 3.08. The second-order valence-corrected chi connectivity index (χ2v) is 5.99. The van der Waals surface area contributed by atoms with Gasteiger partial charge in [-0.3, -0.25) is 0 Å². The summed E-state index contributed by atoms with van der Waals surface area (Å²) in [6.07, 6.45) is -0.519. The van der Waals surface area contributed by atoms with E-state index < -0.39 is 6.10 Å². The first-order valence-corrected chi connectivity index (χ1v) is 6.45. The molecule has 0 aliphatic carbocycles. The summed E-state index contributed by atoms with van der Waals surface area (Å²) in [5, 5.41) is 37.5. The van der Waals surface area contributed by atoms with Crippen molar-refractivity contribution in [1.29, 1.82) is 0 Å². The van der Waals surface area contributed by atoms with E-state index >= 15 is 0 Å². The molecule has 0 saturated carbocycles. The van der Waals surface area contributed by atoms with E-state index in [0.717, 1.165) is 0 Å². The third-order valence-electron chi connectivity index (χ3n) is 3.08. The van der Waals surface area contributed by atoms with Gasteiger partial charge in [-0.15, -0.1) is 0 Å². The Labute approximate surface area is 110 Å². The minimum absolute atomic E-state index is 0.0168. The number of rotatable bonds is 10. The lowest BCUT2D eigenvalue weighted by molar-refractivity contribution is -0.938. The highest BCUT2D eigenvalue weighted by Crippen LogP contribution is 2.09. The number of aliphatic hydroxyl groups is 4. The summed E-state index contributed by atoms with van der Waals surface area (Å²) < 4.78 is 1.00. The summed E-state index contributed by atoms with van der Waals surface area (Å²) in [7, 11) is 6.01.